The molecular weight excluding hydrogens is 248 g/mol. The number of nitrogens with zero attached hydrogens (tertiary/aromatic N) is 1. The van der Waals surface area contributed by atoms with Crippen LogP contribution in [0.2, 0.25) is 0 Å². The summed E-state index contributed by atoms with van der Waals surface area (Å²) in [5, 5.41) is 3.91. The van der Waals surface area contributed by atoms with Crippen LogP contribution in [0.5, 0.6) is 0 Å². The number of hydrogen-bond acceptors (Lipinski definition) is 2. The highest BCUT2D eigenvalue weighted by Crippen LogP contribution is 2.20. The monoisotopic (exact) mass is 262 g/mol. The molecule has 2 rings (SSSR count). The van der Waals surface area contributed by atoms with Gasteiger partial charge in [-0.3, -0.25) is 9.78 Å². The molecule has 4 heteroatoms. The molecule has 18 heavy (non-hydrogen) atoms. The van der Waals surface area contributed by atoms with Crippen LogP contribution in [0, 0.1) is 0 Å². The molecule has 1 aromatic carbocycles. The number of anilines is 1. The zero-order chi connectivity index (χ0) is 13.0. The molecule has 1 heterocycles. The third kappa shape index (κ3) is 3.20. The van der Waals surface area contributed by atoms with Gasteiger partial charge in [0.2, 0.25) is 5.91 Å². The largest absolute Gasteiger partial charge is 0.324 e. The van der Waals surface area contributed by atoms with Crippen molar-refractivity contribution in [3.8, 4) is 0 Å². The van der Waals surface area contributed by atoms with E-state index in [2.05, 4.69) is 10.3 Å². The minimum atomic E-state index is -0.0272. The molecule has 0 spiro atoms. The maximum Gasteiger partial charge on any atom is 0.224 e. The minimum Gasteiger partial charge on any atom is -0.324 e. The Kier molecular flexibility index (Phi) is 4.15. The Hall–Kier alpha value is -1.61. The summed E-state index contributed by atoms with van der Waals surface area (Å²) in [4.78, 5) is 16.1. The fourth-order valence-electron chi connectivity index (χ4n) is 1.75. The van der Waals surface area contributed by atoms with Gasteiger partial charge in [-0.05, 0) is 25.5 Å². The summed E-state index contributed by atoms with van der Waals surface area (Å²) in [6.07, 6.45) is 2.82. The van der Waals surface area contributed by atoms with Gasteiger partial charge in [-0.25, -0.2) is 0 Å². The second-order valence-electron chi connectivity index (χ2n) is 4.25. The molecule has 0 radical (unpaired) electrons. The van der Waals surface area contributed by atoms with Crippen molar-refractivity contribution in [2.75, 3.05) is 5.32 Å². The number of fused-ring (bicyclic) bond motifs is 1. The van der Waals surface area contributed by atoms with E-state index in [4.69, 9.17) is 11.6 Å². The second-order valence-corrected chi connectivity index (χ2v) is 4.99. The first-order chi connectivity index (χ1) is 8.66. The molecule has 1 amide bonds. The highest BCUT2D eigenvalue weighted by Gasteiger charge is 2.07. The maximum absolute atomic E-state index is 11.8. The lowest BCUT2D eigenvalue weighted by Crippen LogP contribution is -2.13. The van der Waals surface area contributed by atoms with Crippen LogP contribution in [0.25, 0.3) is 10.9 Å². The summed E-state index contributed by atoms with van der Waals surface area (Å²) in [6.45, 7) is 1.88. The summed E-state index contributed by atoms with van der Waals surface area (Å²) in [5.41, 5.74) is 1.56. The van der Waals surface area contributed by atoms with Crippen molar-refractivity contribution < 1.29 is 4.79 Å². The van der Waals surface area contributed by atoms with E-state index in [0.717, 1.165) is 16.6 Å². The van der Waals surface area contributed by atoms with Gasteiger partial charge in [0.1, 0.15) is 0 Å². The van der Waals surface area contributed by atoms with Crippen molar-refractivity contribution in [2.24, 2.45) is 0 Å². The summed E-state index contributed by atoms with van der Waals surface area (Å²) >= 11 is 5.83. The van der Waals surface area contributed by atoms with Gasteiger partial charge in [0.05, 0.1) is 11.2 Å². The number of hydrogen-bond donors (Lipinski definition) is 1. The smallest absolute Gasteiger partial charge is 0.224 e. The second kappa shape index (κ2) is 5.83. The van der Waals surface area contributed by atoms with Crippen molar-refractivity contribution in [3.63, 3.8) is 0 Å². The van der Waals surface area contributed by atoms with Crippen molar-refractivity contribution in [1.29, 1.82) is 0 Å². The number of aromatic nitrogens is 1. The van der Waals surface area contributed by atoms with Crippen LogP contribution in [0.3, 0.4) is 0 Å². The molecule has 1 unspecified atom stereocenters. The molecule has 0 aliphatic carbocycles. The summed E-state index contributed by atoms with van der Waals surface area (Å²) in [6, 6.07) is 9.59. The standard InChI is InChI=1S/C14H15ClN2O/c1-10(15)7-8-13(18)17-12-6-2-4-11-5-3-9-16-14(11)12/h2-6,9-10H,7-8H2,1H3,(H,17,18). The lowest BCUT2D eigenvalue weighted by Gasteiger charge is -2.08. The van der Waals surface area contributed by atoms with E-state index in [0.29, 0.717) is 12.8 Å². The first-order valence-electron chi connectivity index (χ1n) is 5.94. The predicted octanol–water partition coefficient (Wildman–Crippen LogP) is 3.58. The van der Waals surface area contributed by atoms with E-state index in [1.165, 1.54) is 0 Å². The molecule has 1 N–H and O–H groups in total. The van der Waals surface area contributed by atoms with Crippen LogP contribution in [-0.2, 0) is 4.79 Å². The summed E-state index contributed by atoms with van der Waals surface area (Å²) in [5.74, 6) is -0.0272. The van der Waals surface area contributed by atoms with Gasteiger partial charge >= 0.3 is 0 Å². The Labute approximate surface area is 111 Å². The Morgan fingerprint density at radius 2 is 2.17 bits per heavy atom. The van der Waals surface area contributed by atoms with E-state index < -0.39 is 0 Å². The zero-order valence-electron chi connectivity index (χ0n) is 10.2. The minimum absolute atomic E-state index is 0.0152. The number of amides is 1. The number of carbonyl (C=O) groups is 1. The fourth-order valence-corrected chi connectivity index (χ4v) is 1.86. The molecule has 94 valence electrons. The third-order valence-electron chi connectivity index (χ3n) is 2.68. The molecule has 0 aliphatic rings. The van der Waals surface area contributed by atoms with Gasteiger partial charge in [0, 0.05) is 23.4 Å². The molecule has 1 aromatic heterocycles. The van der Waals surface area contributed by atoms with Crippen molar-refractivity contribution in [3.05, 3.63) is 36.5 Å². The summed E-state index contributed by atoms with van der Waals surface area (Å²) < 4.78 is 0. The molecule has 0 saturated carbocycles. The molecule has 0 saturated heterocycles. The number of pyridine rings is 1. The van der Waals surface area contributed by atoms with Crippen molar-refractivity contribution in [1.82, 2.24) is 4.98 Å². The van der Waals surface area contributed by atoms with Gasteiger partial charge in [-0.1, -0.05) is 18.2 Å². The Balaban J connectivity index is 2.14. The topological polar surface area (TPSA) is 42.0 Å². The van der Waals surface area contributed by atoms with Gasteiger partial charge in [0.25, 0.3) is 0 Å². The molecule has 0 fully saturated rings. The van der Waals surface area contributed by atoms with Crippen LogP contribution in [0.1, 0.15) is 19.8 Å². The van der Waals surface area contributed by atoms with Gasteiger partial charge < -0.3 is 5.32 Å². The van der Waals surface area contributed by atoms with Crippen LogP contribution in [-0.4, -0.2) is 16.3 Å². The SMILES string of the molecule is CC(Cl)CCC(=O)Nc1cccc2cccnc12. The number of benzene rings is 1. The quantitative estimate of drug-likeness (QED) is 0.856. The average Bonchev–Trinajstić information content (AvgIpc) is 2.37. The van der Waals surface area contributed by atoms with E-state index in [9.17, 15) is 4.79 Å². The highest BCUT2D eigenvalue weighted by molar-refractivity contribution is 6.20. The molecule has 0 bridgehead atoms. The number of halogens is 1. The normalized spacial score (nSPS) is 12.3. The van der Waals surface area contributed by atoms with Gasteiger partial charge in [0.15, 0.2) is 0 Å². The van der Waals surface area contributed by atoms with E-state index in [1.54, 1.807) is 6.20 Å². The number of rotatable bonds is 4. The Morgan fingerprint density at radius 3 is 2.94 bits per heavy atom. The van der Waals surface area contributed by atoms with E-state index in [-0.39, 0.29) is 11.3 Å². The summed E-state index contributed by atoms with van der Waals surface area (Å²) in [7, 11) is 0. The number of carbonyl (C=O) groups excluding carboxylic acids is 1. The third-order valence-corrected chi connectivity index (χ3v) is 2.89. The lowest BCUT2D eigenvalue weighted by atomic mass is 10.2. The zero-order valence-corrected chi connectivity index (χ0v) is 10.9. The highest BCUT2D eigenvalue weighted by atomic mass is 35.5. The predicted molar refractivity (Wildman–Crippen MR) is 74.9 cm³/mol. The van der Waals surface area contributed by atoms with Crippen LogP contribution < -0.4 is 5.32 Å². The Bertz CT molecular complexity index is 549. The van der Waals surface area contributed by atoms with E-state index in [1.807, 2.05) is 37.3 Å². The molecule has 0 aliphatic heterocycles. The molecule has 2 aromatic rings. The van der Waals surface area contributed by atoms with Gasteiger partial charge in [-0.15, -0.1) is 11.6 Å². The number of alkyl halides is 1. The average molecular weight is 263 g/mol. The van der Waals surface area contributed by atoms with Gasteiger partial charge in [-0.2, -0.15) is 0 Å². The molecular formula is C14H15ClN2O. The first kappa shape index (κ1) is 12.8. The number of nitrogens with one attached hydrogen (secondary N) is 1. The lowest BCUT2D eigenvalue weighted by molar-refractivity contribution is -0.116. The number of para-hydroxylation sites is 1. The van der Waals surface area contributed by atoms with Crippen LogP contribution in [0.15, 0.2) is 36.5 Å². The van der Waals surface area contributed by atoms with E-state index >= 15 is 0 Å². The van der Waals surface area contributed by atoms with Crippen molar-refractivity contribution in [2.45, 2.75) is 25.1 Å². The first-order valence-corrected chi connectivity index (χ1v) is 6.38. The van der Waals surface area contributed by atoms with Crippen molar-refractivity contribution >= 4 is 34.1 Å². The molecule has 3 nitrogen and oxygen atoms in total. The fraction of sp³-hybridized carbons (Fsp3) is 0.286. The van der Waals surface area contributed by atoms with Crippen LogP contribution in [0.4, 0.5) is 5.69 Å². The molecule has 1 atom stereocenters. The maximum atomic E-state index is 11.8. The van der Waals surface area contributed by atoms with Crippen LogP contribution >= 0.6 is 11.6 Å². The Morgan fingerprint density at radius 1 is 1.39 bits per heavy atom.